The summed E-state index contributed by atoms with van der Waals surface area (Å²) in [7, 11) is 1.76. The minimum absolute atomic E-state index is 0.165. The fourth-order valence-corrected chi connectivity index (χ4v) is 1.33. The van der Waals surface area contributed by atoms with Crippen molar-refractivity contribution in [3.05, 3.63) is 24.1 Å². The minimum atomic E-state index is 0.165. The van der Waals surface area contributed by atoms with Crippen molar-refractivity contribution in [3.63, 3.8) is 0 Å². The van der Waals surface area contributed by atoms with Gasteiger partial charge in [0.2, 0.25) is 0 Å². The summed E-state index contributed by atoms with van der Waals surface area (Å²) in [5, 5.41) is 0. The van der Waals surface area contributed by atoms with Crippen molar-refractivity contribution in [1.29, 1.82) is 0 Å². The molecular formula is C13H25BO. The molecule has 0 spiro atoms. The topological polar surface area (TPSA) is 9.23 Å². The van der Waals surface area contributed by atoms with Crippen LogP contribution in [0.4, 0.5) is 0 Å². The molecule has 0 bridgehead atoms. The van der Waals surface area contributed by atoms with Crippen LogP contribution in [0.2, 0.25) is 0 Å². The van der Waals surface area contributed by atoms with E-state index in [1.54, 1.807) is 7.11 Å². The SMILES string of the molecule is CCCC/C=C/B(/C=C/CCCC)OC. The summed E-state index contributed by atoms with van der Waals surface area (Å²) in [6.45, 7) is 4.59. The van der Waals surface area contributed by atoms with Gasteiger partial charge in [-0.1, -0.05) is 63.6 Å². The van der Waals surface area contributed by atoms with Crippen LogP contribution in [-0.4, -0.2) is 14.0 Å². The van der Waals surface area contributed by atoms with E-state index in [9.17, 15) is 0 Å². The Morgan fingerprint density at radius 3 is 1.73 bits per heavy atom. The van der Waals surface area contributed by atoms with Gasteiger partial charge in [-0.3, -0.25) is 0 Å². The Labute approximate surface area is 95.7 Å². The molecule has 1 nitrogen and oxygen atoms in total. The summed E-state index contributed by atoms with van der Waals surface area (Å²) >= 11 is 0. The van der Waals surface area contributed by atoms with E-state index in [0.717, 1.165) is 0 Å². The molecule has 0 saturated heterocycles. The van der Waals surface area contributed by atoms with Crippen molar-refractivity contribution in [3.8, 4) is 0 Å². The average Bonchev–Trinajstić information content (AvgIpc) is 2.27. The summed E-state index contributed by atoms with van der Waals surface area (Å²) in [6, 6.07) is 0. The van der Waals surface area contributed by atoms with Gasteiger partial charge >= 0.3 is 6.92 Å². The van der Waals surface area contributed by atoms with Crippen LogP contribution < -0.4 is 0 Å². The van der Waals surface area contributed by atoms with Crippen LogP contribution in [-0.2, 0) is 4.65 Å². The molecular weight excluding hydrogens is 183 g/mol. The molecule has 0 aliphatic rings. The van der Waals surface area contributed by atoms with Crippen LogP contribution >= 0.6 is 0 Å². The van der Waals surface area contributed by atoms with Gasteiger partial charge in [-0.25, -0.2) is 0 Å². The molecule has 0 radical (unpaired) electrons. The predicted octanol–water partition coefficient (Wildman–Crippen LogP) is 4.20. The highest BCUT2D eigenvalue weighted by Crippen LogP contribution is 2.00. The normalized spacial score (nSPS) is 11.7. The fourth-order valence-electron chi connectivity index (χ4n) is 1.33. The Kier molecular flexibility index (Phi) is 11.2. The third kappa shape index (κ3) is 9.80. The highest BCUT2D eigenvalue weighted by atomic mass is 16.4. The van der Waals surface area contributed by atoms with E-state index in [2.05, 4.69) is 38.0 Å². The lowest BCUT2D eigenvalue weighted by molar-refractivity contribution is 0.437. The van der Waals surface area contributed by atoms with E-state index in [-0.39, 0.29) is 6.92 Å². The molecule has 0 amide bonds. The lowest BCUT2D eigenvalue weighted by Crippen LogP contribution is -2.09. The molecule has 0 unspecified atom stereocenters. The number of allylic oxidation sites excluding steroid dienone is 2. The van der Waals surface area contributed by atoms with Crippen molar-refractivity contribution in [2.45, 2.75) is 52.4 Å². The average molecular weight is 208 g/mol. The third-order valence-electron chi connectivity index (χ3n) is 2.37. The maximum absolute atomic E-state index is 5.34. The summed E-state index contributed by atoms with van der Waals surface area (Å²) in [6.07, 6.45) is 11.8. The highest BCUT2D eigenvalue weighted by molar-refractivity contribution is 6.63. The maximum atomic E-state index is 5.34. The summed E-state index contributed by atoms with van der Waals surface area (Å²) in [5.41, 5.74) is 0. The number of unbranched alkanes of at least 4 members (excludes halogenated alkanes) is 4. The zero-order chi connectivity index (χ0) is 11.4. The quantitative estimate of drug-likeness (QED) is 0.407. The second kappa shape index (κ2) is 11.6. The first-order valence-corrected chi connectivity index (χ1v) is 6.21. The molecule has 0 saturated carbocycles. The number of hydrogen-bond acceptors (Lipinski definition) is 1. The van der Waals surface area contributed by atoms with Crippen LogP contribution in [0.3, 0.4) is 0 Å². The van der Waals surface area contributed by atoms with Gasteiger partial charge in [0, 0.05) is 7.11 Å². The fraction of sp³-hybridized carbons (Fsp3) is 0.692. The second-order valence-corrected chi connectivity index (χ2v) is 3.84. The molecule has 86 valence electrons. The minimum Gasteiger partial charge on any atom is -0.430 e. The molecule has 0 atom stereocenters. The van der Waals surface area contributed by atoms with E-state index in [0.29, 0.717) is 0 Å². The standard InChI is InChI=1S/C13H25BO/c1-4-6-8-10-12-14(15-3)13-11-9-7-5-2/h10-13H,4-9H2,1-3H3/b12-10+,13-11+. The van der Waals surface area contributed by atoms with Crippen molar-refractivity contribution in [2.24, 2.45) is 0 Å². The van der Waals surface area contributed by atoms with Gasteiger partial charge in [0.25, 0.3) is 0 Å². The Morgan fingerprint density at radius 2 is 1.40 bits per heavy atom. The third-order valence-corrected chi connectivity index (χ3v) is 2.37. The molecule has 0 heterocycles. The van der Waals surface area contributed by atoms with E-state index in [1.165, 1.54) is 38.5 Å². The zero-order valence-corrected chi connectivity index (χ0v) is 10.5. The van der Waals surface area contributed by atoms with Crippen molar-refractivity contribution in [1.82, 2.24) is 0 Å². The van der Waals surface area contributed by atoms with Gasteiger partial charge < -0.3 is 4.65 Å². The van der Waals surface area contributed by atoms with Crippen LogP contribution in [0, 0.1) is 0 Å². The van der Waals surface area contributed by atoms with Crippen LogP contribution in [0.1, 0.15) is 52.4 Å². The van der Waals surface area contributed by atoms with Gasteiger partial charge in [0.1, 0.15) is 0 Å². The molecule has 15 heavy (non-hydrogen) atoms. The monoisotopic (exact) mass is 208 g/mol. The first kappa shape index (κ1) is 14.5. The second-order valence-electron chi connectivity index (χ2n) is 3.84. The maximum Gasteiger partial charge on any atom is 0.345 e. The molecule has 0 fully saturated rings. The van der Waals surface area contributed by atoms with Crippen LogP contribution in [0.25, 0.3) is 0 Å². The van der Waals surface area contributed by atoms with E-state index in [4.69, 9.17) is 4.65 Å². The van der Waals surface area contributed by atoms with E-state index in [1.807, 2.05) is 0 Å². The summed E-state index contributed by atoms with van der Waals surface area (Å²) in [5.74, 6) is 4.30. The highest BCUT2D eigenvalue weighted by Gasteiger charge is 2.02. The largest absolute Gasteiger partial charge is 0.430 e. The van der Waals surface area contributed by atoms with Gasteiger partial charge in [-0.05, 0) is 12.8 Å². The Bertz CT molecular complexity index is 157. The smallest absolute Gasteiger partial charge is 0.345 e. The van der Waals surface area contributed by atoms with Crippen molar-refractivity contribution >= 4 is 6.92 Å². The van der Waals surface area contributed by atoms with Gasteiger partial charge in [-0.15, -0.1) is 0 Å². The van der Waals surface area contributed by atoms with E-state index < -0.39 is 0 Å². The van der Waals surface area contributed by atoms with Crippen molar-refractivity contribution < 1.29 is 4.65 Å². The first-order chi connectivity index (χ1) is 7.35. The number of hydrogen-bond donors (Lipinski definition) is 0. The van der Waals surface area contributed by atoms with Gasteiger partial charge in [0.15, 0.2) is 0 Å². The summed E-state index contributed by atoms with van der Waals surface area (Å²) < 4.78 is 5.34. The molecule has 0 aromatic heterocycles. The first-order valence-electron chi connectivity index (χ1n) is 6.21. The van der Waals surface area contributed by atoms with Crippen LogP contribution in [0.15, 0.2) is 24.1 Å². The predicted molar refractivity (Wildman–Crippen MR) is 70.1 cm³/mol. The summed E-state index contributed by atoms with van der Waals surface area (Å²) in [4.78, 5) is 0. The molecule has 0 aromatic carbocycles. The lowest BCUT2D eigenvalue weighted by atomic mass is 9.67. The van der Waals surface area contributed by atoms with E-state index >= 15 is 0 Å². The van der Waals surface area contributed by atoms with Crippen LogP contribution in [0.5, 0.6) is 0 Å². The molecule has 2 heteroatoms. The van der Waals surface area contributed by atoms with Gasteiger partial charge in [-0.2, -0.15) is 0 Å². The molecule has 0 aromatic rings. The Morgan fingerprint density at radius 1 is 0.933 bits per heavy atom. The molecule has 0 rings (SSSR count). The zero-order valence-electron chi connectivity index (χ0n) is 10.5. The molecule has 0 N–H and O–H groups in total. The lowest BCUT2D eigenvalue weighted by Gasteiger charge is -1.99. The number of rotatable bonds is 9. The van der Waals surface area contributed by atoms with Crippen molar-refractivity contribution in [2.75, 3.05) is 7.11 Å². The molecule has 0 aliphatic carbocycles. The van der Waals surface area contributed by atoms with Gasteiger partial charge in [0.05, 0.1) is 0 Å². The molecule has 0 aliphatic heterocycles. The Hall–Kier alpha value is -0.495. The Balaban J connectivity index is 3.70.